The van der Waals surface area contributed by atoms with E-state index in [4.69, 9.17) is 0 Å². The summed E-state index contributed by atoms with van der Waals surface area (Å²) in [7, 11) is 0. The normalized spacial score (nSPS) is 10.3. The van der Waals surface area contributed by atoms with Crippen LogP contribution in [0.4, 0.5) is 0 Å². The third kappa shape index (κ3) is 2.38. The Bertz CT molecular complexity index is 664. The van der Waals surface area contributed by atoms with Crippen molar-refractivity contribution in [2.24, 2.45) is 0 Å². The summed E-state index contributed by atoms with van der Waals surface area (Å²) in [5.41, 5.74) is 6.04. The quantitative estimate of drug-likeness (QED) is 0.542. The molecule has 0 saturated carbocycles. The fraction of sp³-hybridized carbons (Fsp3) is 0. The lowest BCUT2D eigenvalue weighted by molar-refractivity contribution is 1.56. The van der Waals surface area contributed by atoms with E-state index in [9.17, 15) is 0 Å². The average molecular weight is 243 g/mol. The molecule has 0 atom stereocenters. The summed E-state index contributed by atoms with van der Waals surface area (Å²) < 4.78 is 0. The van der Waals surface area contributed by atoms with Gasteiger partial charge in [-0.2, -0.15) is 0 Å². The molecule has 0 heterocycles. The third-order valence-corrected chi connectivity index (χ3v) is 3.28. The molecule has 3 rings (SSSR count). The second-order valence-corrected chi connectivity index (χ2v) is 4.61. The Morgan fingerprint density at radius 1 is 0.474 bits per heavy atom. The van der Waals surface area contributed by atoms with Crippen LogP contribution < -0.4 is 0 Å². The molecule has 0 heteroatoms. The molecule has 0 radical (unpaired) electrons. The van der Waals surface area contributed by atoms with Gasteiger partial charge in [0, 0.05) is 36.8 Å². The van der Waals surface area contributed by atoms with Gasteiger partial charge in [-0.05, 0) is 16.7 Å². The Balaban J connectivity index is 2.15. The van der Waals surface area contributed by atoms with Crippen LogP contribution in [0.1, 0.15) is 5.56 Å². The number of hydrogen-bond donors (Lipinski definition) is 0. The molecule has 0 aliphatic carbocycles. The van der Waals surface area contributed by atoms with E-state index in [0.717, 1.165) is 5.56 Å². The highest BCUT2D eigenvalue weighted by molar-refractivity contribution is 5.83. The Labute approximate surface area is 114 Å². The highest BCUT2D eigenvalue weighted by Crippen LogP contribution is 2.31. The number of rotatable bonds is 2. The molecule has 0 spiro atoms. The lowest BCUT2D eigenvalue weighted by Gasteiger charge is -2.09. The molecule has 0 N–H and O–H groups in total. The highest BCUT2D eigenvalue weighted by Gasteiger charge is 2.07. The third-order valence-electron chi connectivity index (χ3n) is 3.28. The molecule has 0 unspecified atom stereocenters. The molecule has 0 aliphatic rings. The Morgan fingerprint density at radius 3 is 1.53 bits per heavy atom. The van der Waals surface area contributed by atoms with E-state index in [1.165, 1.54) is 22.3 Å². The van der Waals surface area contributed by atoms with Crippen molar-refractivity contribution >= 4 is 0 Å². The maximum Gasteiger partial charge on any atom is 0.126 e. The standard InChI is InChI=1S/C19H15/c1-15-11-13-17(14-12-15)19-10-6-5-9-18(19)16-7-3-2-4-8-16/h2-14H,1H2/q+1. The lowest BCUT2D eigenvalue weighted by atomic mass is 9.94. The van der Waals surface area contributed by atoms with Crippen molar-refractivity contribution in [3.63, 3.8) is 0 Å². The first-order chi connectivity index (χ1) is 9.34. The fourth-order valence-electron chi connectivity index (χ4n) is 2.29. The first kappa shape index (κ1) is 11.6. The molecule has 0 fully saturated rings. The van der Waals surface area contributed by atoms with Crippen LogP contribution in [0, 0.1) is 6.92 Å². The SMILES string of the molecule is [CH2+]c1ccc(-c2ccccc2-c2ccccc2)cc1. The molecule has 3 aromatic carbocycles. The van der Waals surface area contributed by atoms with Gasteiger partial charge in [0.05, 0.1) is 0 Å². The fourth-order valence-corrected chi connectivity index (χ4v) is 2.29. The second kappa shape index (κ2) is 5.03. The molecule has 0 aliphatic heterocycles. The van der Waals surface area contributed by atoms with Crippen molar-refractivity contribution in [3.8, 4) is 22.3 Å². The van der Waals surface area contributed by atoms with Gasteiger partial charge < -0.3 is 0 Å². The molecule has 19 heavy (non-hydrogen) atoms. The number of benzene rings is 3. The van der Waals surface area contributed by atoms with Crippen molar-refractivity contribution < 1.29 is 0 Å². The van der Waals surface area contributed by atoms with Crippen molar-refractivity contribution in [2.75, 3.05) is 0 Å². The molecular formula is C19H15+. The van der Waals surface area contributed by atoms with Gasteiger partial charge in [-0.25, -0.2) is 0 Å². The van der Waals surface area contributed by atoms with Crippen LogP contribution in [-0.2, 0) is 0 Å². The van der Waals surface area contributed by atoms with E-state index in [-0.39, 0.29) is 0 Å². The van der Waals surface area contributed by atoms with Crippen LogP contribution in [0.25, 0.3) is 22.3 Å². The van der Waals surface area contributed by atoms with Crippen LogP contribution in [-0.4, -0.2) is 0 Å². The summed E-state index contributed by atoms with van der Waals surface area (Å²) in [6.07, 6.45) is 0. The zero-order valence-corrected chi connectivity index (χ0v) is 10.7. The predicted molar refractivity (Wildman–Crippen MR) is 81.8 cm³/mol. The largest absolute Gasteiger partial charge is 0.126 e. The van der Waals surface area contributed by atoms with Gasteiger partial charge in [0.1, 0.15) is 5.56 Å². The molecule has 0 aromatic heterocycles. The summed E-state index contributed by atoms with van der Waals surface area (Å²) in [6, 6.07) is 27.4. The van der Waals surface area contributed by atoms with Crippen LogP contribution in [0.3, 0.4) is 0 Å². The minimum Gasteiger partial charge on any atom is -0.0622 e. The molecule has 0 amide bonds. The summed E-state index contributed by atoms with van der Waals surface area (Å²) in [5, 5.41) is 0. The highest BCUT2D eigenvalue weighted by atomic mass is 14.1. The minimum absolute atomic E-state index is 1.04. The van der Waals surface area contributed by atoms with Gasteiger partial charge in [0.25, 0.3) is 0 Å². The lowest BCUT2D eigenvalue weighted by Crippen LogP contribution is -1.84. The summed E-state index contributed by atoms with van der Waals surface area (Å²) in [4.78, 5) is 0. The molecular weight excluding hydrogens is 228 g/mol. The first-order valence-electron chi connectivity index (χ1n) is 6.41. The summed E-state index contributed by atoms with van der Waals surface area (Å²) in [5.74, 6) is 0. The zero-order valence-electron chi connectivity index (χ0n) is 10.7. The monoisotopic (exact) mass is 243 g/mol. The van der Waals surface area contributed by atoms with Crippen LogP contribution in [0.2, 0.25) is 0 Å². The van der Waals surface area contributed by atoms with Gasteiger partial charge in [0.2, 0.25) is 0 Å². The van der Waals surface area contributed by atoms with Crippen LogP contribution in [0.15, 0.2) is 78.9 Å². The van der Waals surface area contributed by atoms with Crippen LogP contribution in [0.5, 0.6) is 0 Å². The van der Waals surface area contributed by atoms with Gasteiger partial charge in [-0.3, -0.25) is 0 Å². The maximum atomic E-state index is 3.94. The van der Waals surface area contributed by atoms with E-state index in [1.807, 2.05) is 6.07 Å². The molecule has 90 valence electrons. The van der Waals surface area contributed by atoms with Crippen molar-refractivity contribution in [3.05, 3.63) is 91.3 Å². The molecule has 0 bridgehead atoms. The van der Waals surface area contributed by atoms with E-state index in [1.54, 1.807) is 0 Å². The van der Waals surface area contributed by atoms with E-state index >= 15 is 0 Å². The van der Waals surface area contributed by atoms with E-state index in [0.29, 0.717) is 0 Å². The molecule has 3 aromatic rings. The van der Waals surface area contributed by atoms with Crippen molar-refractivity contribution in [1.82, 2.24) is 0 Å². The molecule has 0 saturated heterocycles. The van der Waals surface area contributed by atoms with E-state index < -0.39 is 0 Å². The smallest absolute Gasteiger partial charge is 0.0622 e. The predicted octanol–water partition coefficient (Wildman–Crippen LogP) is 5.20. The minimum atomic E-state index is 1.04. The summed E-state index contributed by atoms with van der Waals surface area (Å²) in [6.45, 7) is 3.94. The maximum absolute atomic E-state index is 3.94. The van der Waals surface area contributed by atoms with Crippen LogP contribution >= 0.6 is 0 Å². The van der Waals surface area contributed by atoms with E-state index in [2.05, 4.69) is 79.7 Å². The van der Waals surface area contributed by atoms with Crippen molar-refractivity contribution in [1.29, 1.82) is 0 Å². The van der Waals surface area contributed by atoms with Gasteiger partial charge >= 0.3 is 0 Å². The Hall–Kier alpha value is -2.47. The summed E-state index contributed by atoms with van der Waals surface area (Å²) >= 11 is 0. The first-order valence-corrected chi connectivity index (χ1v) is 6.41. The molecule has 0 nitrogen and oxygen atoms in total. The van der Waals surface area contributed by atoms with Gasteiger partial charge in [-0.1, -0.05) is 54.6 Å². The average Bonchev–Trinajstić information content (AvgIpc) is 2.49. The Kier molecular flexibility index (Phi) is 3.07. The van der Waals surface area contributed by atoms with Gasteiger partial charge in [0.15, 0.2) is 0 Å². The second-order valence-electron chi connectivity index (χ2n) is 4.61. The van der Waals surface area contributed by atoms with Gasteiger partial charge in [-0.15, -0.1) is 0 Å². The Morgan fingerprint density at radius 2 is 0.947 bits per heavy atom. The van der Waals surface area contributed by atoms with Crippen molar-refractivity contribution in [2.45, 2.75) is 0 Å². The topological polar surface area (TPSA) is 0 Å². The zero-order chi connectivity index (χ0) is 13.1. The number of hydrogen-bond acceptors (Lipinski definition) is 0.